The standard InChI is InChI=1S/C16H14F3N3O2/c1-15(3-12(15)16(17,18)19)14(23)22-7-9-2-11(22)10-6-21-5-8(4-20)13(10)24-9/h5-6,9,11-12H,2-3,7H2,1H3/t9-,11-,12?,15?/m0/s1. The lowest BCUT2D eigenvalue weighted by Crippen LogP contribution is -2.38. The van der Waals surface area contributed by atoms with Gasteiger partial charge in [0.1, 0.15) is 23.5 Å². The number of carbonyl (C=O) groups is 1. The maximum absolute atomic E-state index is 12.9. The smallest absolute Gasteiger partial charge is 0.392 e. The molecule has 4 atom stereocenters. The largest absolute Gasteiger partial charge is 0.487 e. The summed E-state index contributed by atoms with van der Waals surface area (Å²) in [6, 6.07) is 1.62. The molecule has 2 aliphatic heterocycles. The summed E-state index contributed by atoms with van der Waals surface area (Å²) in [7, 11) is 0. The van der Waals surface area contributed by atoms with Gasteiger partial charge in [0.05, 0.1) is 23.9 Å². The fourth-order valence-corrected chi connectivity index (χ4v) is 3.89. The first-order chi connectivity index (χ1) is 11.3. The van der Waals surface area contributed by atoms with E-state index in [1.165, 1.54) is 24.2 Å². The number of nitriles is 1. The number of rotatable bonds is 1. The zero-order valence-corrected chi connectivity index (χ0v) is 12.8. The van der Waals surface area contributed by atoms with E-state index in [9.17, 15) is 18.0 Å². The molecule has 8 heteroatoms. The number of hydrogen-bond acceptors (Lipinski definition) is 4. The van der Waals surface area contributed by atoms with Crippen LogP contribution in [-0.2, 0) is 4.79 Å². The van der Waals surface area contributed by atoms with Crippen molar-refractivity contribution in [2.45, 2.75) is 38.1 Å². The average Bonchev–Trinajstić information content (AvgIpc) is 3.14. The Balaban J connectivity index is 1.65. The number of likely N-dealkylation sites (tertiary alicyclic amines) is 1. The summed E-state index contributed by atoms with van der Waals surface area (Å²) < 4.78 is 44.6. The number of alkyl halides is 3. The van der Waals surface area contributed by atoms with Crippen LogP contribution in [0.4, 0.5) is 13.2 Å². The molecule has 1 aromatic rings. The predicted octanol–water partition coefficient (Wildman–Crippen LogP) is 2.58. The first-order valence-electron chi connectivity index (χ1n) is 7.68. The summed E-state index contributed by atoms with van der Waals surface area (Å²) in [5.74, 6) is -1.67. The molecule has 4 rings (SSSR count). The van der Waals surface area contributed by atoms with Gasteiger partial charge in [-0.2, -0.15) is 18.4 Å². The minimum atomic E-state index is -4.36. The first-order valence-corrected chi connectivity index (χ1v) is 7.68. The van der Waals surface area contributed by atoms with E-state index >= 15 is 0 Å². The maximum Gasteiger partial charge on any atom is 0.392 e. The van der Waals surface area contributed by atoms with E-state index in [-0.39, 0.29) is 30.7 Å². The average molecular weight is 337 g/mol. The van der Waals surface area contributed by atoms with Gasteiger partial charge < -0.3 is 9.64 Å². The molecule has 0 aromatic carbocycles. The van der Waals surface area contributed by atoms with Crippen LogP contribution >= 0.6 is 0 Å². The van der Waals surface area contributed by atoms with Crippen LogP contribution in [0.25, 0.3) is 0 Å². The number of halogens is 3. The number of carbonyl (C=O) groups excluding carboxylic acids is 1. The fraction of sp³-hybridized carbons (Fsp3) is 0.562. The third-order valence-corrected chi connectivity index (χ3v) is 5.33. The number of pyridine rings is 1. The molecule has 3 aliphatic rings. The lowest BCUT2D eigenvalue weighted by Gasteiger charge is -2.29. The number of aromatic nitrogens is 1. The van der Waals surface area contributed by atoms with E-state index in [1.807, 2.05) is 6.07 Å². The van der Waals surface area contributed by atoms with Gasteiger partial charge >= 0.3 is 6.18 Å². The molecule has 2 fully saturated rings. The second kappa shape index (κ2) is 4.62. The monoisotopic (exact) mass is 337 g/mol. The Hall–Kier alpha value is -2.30. The zero-order valence-electron chi connectivity index (χ0n) is 12.8. The van der Waals surface area contributed by atoms with E-state index < -0.39 is 23.4 Å². The summed E-state index contributed by atoms with van der Waals surface area (Å²) in [6.07, 6.45) is -1.40. The Morgan fingerprint density at radius 2 is 2.25 bits per heavy atom. The summed E-state index contributed by atoms with van der Waals surface area (Å²) in [5, 5.41) is 9.15. The van der Waals surface area contributed by atoms with E-state index in [1.54, 1.807) is 0 Å². The van der Waals surface area contributed by atoms with Crippen LogP contribution in [0.5, 0.6) is 5.75 Å². The van der Waals surface area contributed by atoms with Crippen molar-refractivity contribution in [2.75, 3.05) is 6.54 Å². The van der Waals surface area contributed by atoms with Crippen LogP contribution < -0.4 is 4.74 Å². The molecule has 1 aliphatic carbocycles. The molecule has 2 bridgehead atoms. The van der Waals surface area contributed by atoms with E-state index in [0.717, 1.165) is 0 Å². The second-order valence-electron chi connectivity index (χ2n) is 6.88. The minimum Gasteiger partial charge on any atom is -0.487 e. The molecule has 1 saturated carbocycles. The molecular formula is C16H14F3N3O2. The van der Waals surface area contributed by atoms with Crippen molar-refractivity contribution in [3.05, 3.63) is 23.5 Å². The van der Waals surface area contributed by atoms with Crippen LogP contribution in [0.1, 0.15) is 36.9 Å². The Morgan fingerprint density at radius 1 is 1.50 bits per heavy atom. The quantitative estimate of drug-likeness (QED) is 0.790. The summed E-state index contributed by atoms with van der Waals surface area (Å²) in [4.78, 5) is 18.2. The van der Waals surface area contributed by atoms with Crippen LogP contribution in [0.15, 0.2) is 12.4 Å². The first kappa shape index (κ1) is 15.2. The Bertz CT molecular complexity index is 773. The van der Waals surface area contributed by atoms with Gasteiger partial charge in [-0.15, -0.1) is 0 Å². The van der Waals surface area contributed by atoms with Gasteiger partial charge in [0, 0.05) is 24.4 Å². The van der Waals surface area contributed by atoms with E-state index in [2.05, 4.69) is 4.98 Å². The van der Waals surface area contributed by atoms with E-state index in [4.69, 9.17) is 10.00 Å². The fourth-order valence-electron chi connectivity index (χ4n) is 3.89. The number of amides is 1. The van der Waals surface area contributed by atoms with Gasteiger partial charge in [0.25, 0.3) is 0 Å². The lowest BCUT2D eigenvalue weighted by atomic mass is 9.98. The third-order valence-electron chi connectivity index (χ3n) is 5.33. The third kappa shape index (κ3) is 2.00. The van der Waals surface area contributed by atoms with Crippen molar-refractivity contribution in [1.29, 1.82) is 5.26 Å². The van der Waals surface area contributed by atoms with Gasteiger partial charge in [-0.25, -0.2) is 0 Å². The SMILES string of the molecule is CC1(C(=O)N2C[C@@H]3C[C@H]2c2cncc(C#N)c2O3)CC1C(F)(F)F. The van der Waals surface area contributed by atoms with Crippen LogP contribution in [-0.4, -0.2) is 34.6 Å². The zero-order chi connectivity index (χ0) is 17.3. The van der Waals surface area contributed by atoms with E-state index in [0.29, 0.717) is 17.7 Å². The Kier molecular flexibility index (Phi) is 2.93. The van der Waals surface area contributed by atoms with Crippen molar-refractivity contribution >= 4 is 5.91 Å². The molecule has 1 saturated heterocycles. The van der Waals surface area contributed by atoms with Crippen molar-refractivity contribution in [3.8, 4) is 11.8 Å². The predicted molar refractivity (Wildman–Crippen MR) is 74.7 cm³/mol. The molecule has 126 valence electrons. The van der Waals surface area contributed by atoms with Crippen LogP contribution in [0.3, 0.4) is 0 Å². The van der Waals surface area contributed by atoms with Gasteiger partial charge in [-0.1, -0.05) is 6.92 Å². The molecule has 24 heavy (non-hydrogen) atoms. The highest BCUT2D eigenvalue weighted by Crippen LogP contribution is 2.62. The van der Waals surface area contributed by atoms with Gasteiger partial charge in [0.15, 0.2) is 0 Å². The summed E-state index contributed by atoms with van der Waals surface area (Å²) in [5.41, 5.74) is -0.512. The number of fused-ring (bicyclic) bond motifs is 4. The van der Waals surface area contributed by atoms with Gasteiger partial charge in [-0.3, -0.25) is 9.78 Å². The molecule has 0 spiro atoms. The Morgan fingerprint density at radius 3 is 2.88 bits per heavy atom. The van der Waals surface area contributed by atoms with Gasteiger partial charge in [-0.05, 0) is 6.42 Å². The number of hydrogen-bond donors (Lipinski definition) is 0. The minimum absolute atomic E-state index is 0.173. The molecule has 5 nitrogen and oxygen atoms in total. The van der Waals surface area contributed by atoms with Crippen LogP contribution in [0, 0.1) is 22.7 Å². The molecule has 3 heterocycles. The number of nitrogens with zero attached hydrogens (tertiary/aromatic N) is 3. The highest BCUT2D eigenvalue weighted by Gasteiger charge is 2.69. The lowest BCUT2D eigenvalue weighted by molar-refractivity contribution is -0.164. The van der Waals surface area contributed by atoms with Crippen molar-refractivity contribution in [3.63, 3.8) is 0 Å². The molecule has 2 unspecified atom stereocenters. The molecular weight excluding hydrogens is 323 g/mol. The van der Waals surface area contributed by atoms with Crippen molar-refractivity contribution in [2.24, 2.45) is 11.3 Å². The Labute approximate surface area is 136 Å². The summed E-state index contributed by atoms with van der Waals surface area (Å²) >= 11 is 0. The molecule has 0 radical (unpaired) electrons. The number of ether oxygens (including phenoxy) is 1. The highest BCUT2D eigenvalue weighted by molar-refractivity contribution is 5.86. The van der Waals surface area contributed by atoms with Crippen molar-refractivity contribution in [1.82, 2.24) is 9.88 Å². The topological polar surface area (TPSA) is 66.2 Å². The van der Waals surface area contributed by atoms with Gasteiger partial charge in [0.2, 0.25) is 5.91 Å². The second-order valence-corrected chi connectivity index (χ2v) is 6.88. The summed E-state index contributed by atoms with van der Waals surface area (Å²) in [6.45, 7) is 1.62. The van der Waals surface area contributed by atoms with Crippen molar-refractivity contribution < 1.29 is 22.7 Å². The molecule has 1 aromatic heterocycles. The van der Waals surface area contributed by atoms with Crippen LogP contribution in [0.2, 0.25) is 0 Å². The maximum atomic E-state index is 12.9. The highest BCUT2D eigenvalue weighted by atomic mass is 19.4. The molecule has 1 amide bonds. The molecule has 0 N–H and O–H groups in total. The normalized spacial score (nSPS) is 33.5.